The molecule has 0 aliphatic carbocycles. The van der Waals surface area contributed by atoms with E-state index in [4.69, 9.17) is 4.74 Å². The molecule has 1 saturated heterocycles. The lowest BCUT2D eigenvalue weighted by atomic mass is 9.99. The minimum Gasteiger partial charge on any atom is -0.449 e. The van der Waals surface area contributed by atoms with Gasteiger partial charge in [-0.15, -0.1) is 0 Å². The highest BCUT2D eigenvalue weighted by Gasteiger charge is 2.22. The minimum absolute atomic E-state index is 0.0516. The van der Waals surface area contributed by atoms with Gasteiger partial charge in [0.1, 0.15) is 22.8 Å². The molecule has 0 spiro atoms. The summed E-state index contributed by atoms with van der Waals surface area (Å²) in [6, 6.07) is 8.40. The molecule has 9 nitrogen and oxygen atoms in total. The Labute approximate surface area is 243 Å². The molecule has 218 valence electrons. The molecule has 1 aliphatic rings. The fourth-order valence-electron chi connectivity index (χ4n) is 4.84. The molecule has 11 heteroatoms. The highest BCUT2D eigenvalue weighted by atomic mass is 19.1. The first-order valence-corrected chi connectivity index (χ1v) is 13.9. The second-order valence-electron chi connectivity index (χ2n) is 10.3. The minimum atomic E-state index is -0.687. The molecule has 0 saturated carbocycles. The van der Waals surface area contributed by atoms with Gasteiger partial charge in [-0.3, -0.25) is 4.98 Å². The normalized spacial score (nSPS) is 13.4. The number of hydrogen-bond donors (Lipinski definition) is 1. The van der Waals surface area contributed by atoms with Gasteiger partial charge in [0, 0.05) is 42.8 Å². The number of carbonyl (C=O) groups excluding carboxylic acids is 1. The van der Waals surface area contributed by atoms with Crippen molar-refractivity contribution < 1.29 is 18.3 Å². The number of unbranched alkanes of at least 4 members (excludes halogenated alkanes) is 1. The predicted molar refractivity (Wildman–Crippen MR) is 160 cm³/mol. The zero-order chi connectivity index (χ0) is 29.8. The standard InChI is InChI=1S/C31H33F2N7O2/c1-5-6-13-42-31(41)40-11-9-39(10-12-40)22-7-8-27(34-17-22)37-30-35-18-26(33)28(38-30)21-15-24-23(19(2)3)14-20(4)36-29(24)25(32)16-21/h7-8,14-18H,2,5-6,9-13H2,1,3-4H3,(H,34,35,37,38). The number of anilines is 3. The van der Waals surface area contributed by atoms with Crippen molar-refractivity contribution in [3.8, 4) is 11.3 Å². The molecule has 0 radical (unpaired) electrons. The third-order valence-electron chi connectivity index (χ3n) is 7.09. The van der Waals surface area contributed by atoms with E-state index in [1.807, 2.05) is 19.1 Å². The van der Waals surface area contributed by atoms with Crippen LogP contribution < -0.4 is 10.2 Å². The zero-order valence-corrected chi connectivity index (χ0v) is 24.0. The number of ether oxygens (including phenoxy) is 1. The van der Waals surface area contributed by atoms with E-state index < -0.39 is 11.6 Å². The van der Waals surface area contributed by atoms with E-state index in [0.717, 1.165) is 35.9 Å². The quantitative estimate of drug-likeness (QED) is 0.238. The number of pyridine rings is 2. The fourth-order valence-corrected chi connectivity index (χ4v) is 4.84. The molecular formula is C31H33F2N7O2. The lowest BCUT2D eigenvalue weighted by molar-refractivity contribution is 0.0989. The van der Waals surface area contributed by atoms with Crippen molar-refractivity contribution in [3.05, 3.63) is 72.2 Å². The van der Waals surface area contributed by atoms with Crippen LogP contribution in [0.4, 0.5) is 31.0 Å². The Kier molecular flexibility index (Phi) is 8.56. The number of aryl methyl sites for hydroxylation is 1. The zero-order valence-electron chi connectivity index (χ0n) is 24.0. The Hall–Kier alpha value is -4.67. The van der Waals surface area contributed by atoms with Gasteiger partial charge in [0.2, 0.25) is 5.95 Å². The summed E-state index contributed by atoms with van der Waals surface area (Å²) in [6.07, 6.45) is 4.33. The van der Waals surface area contributed by atoms with Gasteiger partial charge in [0.05, 0.1) is 24.7 Å². The van der Waals surface area contributed by atoms with Gasteiger partial charge in [-0.2, -0.15) is 0 Å². The summed E-state index contributed by atoms with van der Waals surface area (Å²) in [6.45, 7) is 12.6. The van der Waals surface area contributed by atoms with Gasteiger partial charge in [-0.25, -0.2) is 28.5 Å². The maximum atomic E-state index is 15.1. The van der Waals surface area contributed by atoms with Crippen LogP contribution in [0.3, 0.4) is 0 Å². The highest BCUT2D eigenvalue weighted by molar-refractivity contribution is 5.94. The SMILES string of the molecule is C=C(C)c1cc(C)nc2c(F)cc(-c3nc(Nc4ccc(N5CCN(C(=O)OCCCC)CC5)cn4)ncc3F)cc12. The molecule has 0 unspecified atom stereocenters. The molecular weight excluding hydrogens is 540 g/mol. The van der Waals surface area contributed by atoms with E-state index in [-0.39, 0.29) is 28.8 Å². The van der Waals surface area contributed by atoms with Crippen LogP contribution in [-0.4, -0.2) is 63.7 Å². The number of halogens is 2. The average Bonchev–Trinajstić information content (AvgIpc) is 2.98. The molecule has 1 fully saturated rings. The molecule has 4 aromatic rings. The van der Waals surface area contributed by atoms with Crippen molar-refractivity contribution in [2.75, 3.05) is 43.0 Å². The molecule has 0 atom stereocenters. The van der Waals surface area contributed by atoms with Crippen LogP contribution in [0, 0.1) is 18.6 Å². The Balaban J connectivity index is 1.30. The van der Waals surface area contributed by atoms with E-state index in [1.54, 1.807) is 30.2 Å². The summed E-state index contributed by atoms with van der Waals surface area (Å²) in [7, 11) is 0. The first kappa shape index (κ1) is 28.8. The summed E-state index contributed by atoms with van der Waals surface area (Å²) in [4.78, 5) is 33.2. The second kappa shape index (κ2) is 12.5. The molecule has 4 heterocycles. The summed E-state index contributed by atoms with van der Waals surface area (Å²) < 4.78 is 35.3. The molecule has 1 aromatic carbocycles. The maximum absolute atomic E-state index is 15.1. The smallest absolute Gasteiger partial charge is 0.409 e. The number of nitrogens with zero attached hydrogens (tertiary/aromatic N) is 6. The highest BCUT2D eigenvalue weighted by Crippen LogP contribution is 2.32. The molecule has 0 bridgehead atoms. The van der Waals surface area contributed by atoms with Gasteiger partial charge < -0.3 is 19.9 Å². The number of hydrogen-bond acceptors (Lipinski definition) is 8. The Bertz CT molecular complexity index is 1620. The Morgan fingerprint density at radius 1 is 1.05 bits per heavy atom. The van der Waals surface area contributed by atoms with Gasteiger partial charge in [-0.05, 0) is 56.2 Å². The number of aromatic nitrogens is 4. The lowest BCUT2D eigenvalue weighted by Gasteiger charge is -2.35. The monoisotopic (exact) mass is 573 g/mol. The number of nitrogens with one attached hydrogen (secondary N) is 1. The Morgan fingerprint density at radius 2 is 1.83 bits per heavy atom. The van der Waals surface area contributed by atoms with E-state index >= 15 is 4.39 Å². The van der Waals surface area contributed by atoms with Crippen LogP contribution in [0.25, 0.3) is 27.7 Å². The predicted octanol–water partition coefficient (Wildman–Crippen LogP) is 6.51. The van der Waals surface area contributed by atoms with Crippen LogP contribution in [0.15, 0.2) is 49.3 Å². The third-order valence-corrected chi connectivity index (χ3v) is 7.09. The van der Waals surface area contributed by atoms with Gasteiger partial charge in [0.15, 0.2) is 5.82 Å². The van der Waals surface area contributed by atoms with Crippen molar-refractivity contribution in [1.82, 2.24) is 24.8 Å². The van der Waals surface area contributed by atoms with Crippen LogP contribution in [0.2, 0.25) is 0 Å². The van der Waals surface area contributed by atoms with Crippen molar-refractivity contribution in [2.24, 2.45) is 0 Å². The van der Waals surface area contributed by atoms with Crippen molar-refractivity contribution >= 4 is 40.0 Å². The number of piperazine rings is 1. The second-order valence-corrected chi connectivity index (χ2v) is 10.3. The lowest BCUT2D eigenvalue weighted by Crippen LogP contribution is -2.49. The average molecular weight is 574 g/mol. The summed E-state index contributed by atoms with van der Waals surface area (Å²) in [5.41, 5.74) is 3.45. The number of rotatable bonds is 8. The van der Waals surface area contributed by atoms with E-state index in [0.29, 0.717) is 49.7 Å². The third kappa shape index (κ3) is 6.29. The van der Waals surface area contributed by atoms with Crippen molar-refractivity contribution in [2.45, 2.75) is 33.6 Å². The van der Waals surface area contributed by atoms with Crippen LogP contribution in [0.5, 0.6) is 0 Å². The van der Waals surface area contributed by atoms with Crippen LogP contribution in [0.1, 0.15) is 37.9 Å². The van der Waals surface area contributed by atoms with E-state index in [2.05, 4.69) is 43.7 Å². The summed E-state index contributed by atoms with van der Waals surface area (Å²) in [5.74, 6) is -0.687. The topological polar surface area (TPSA) is 96.4 Å². The summed E-state index contributed by atoms with van der Waals surface area (Å²) in [5, 5.41) is 3.53. The number of fused-ring (bicyclic) bond motifs is 1. The van der Waals surface area contributed by atoms with Gasteiger partial charge >= 0.3 is 6.09 Å². The van der Waals surface area contributed by atoms with E-state index in [1.165, 1.54) is 6.07 Å². The molecule has 1 amide bonds. The Morgan fingerprint density at radius 3 is 2.52 bits per heavy atom. The first-order valence-electron chi connectivity index (χ1n) is 13.9. The van der Waals surface area contributed by atoms with Crippen LogP contribution in [-0.2, 0) is 4.74 Å². The van der Waals surface area contributed by atoms with Crippen molar-refractivity contribution in [1.29, 1.82) is 0 Å². The number of amides is 1. The van der Waals surface area contributed by atoms with Crippen LogP contribution >= 0.6 is 0 Å². The van der Waals surface area contributed by atoms with E-state index in [9.17, 15) is 9.18 Å². The first-order chi connectivity index (χ1) is 20.2. The number of allylic oxidation sites excluding steroid dienone is 1. The fraction of sp³-hybridized carbons (Fsp3) is 0.323. The molecule has 5 rings (SSSR count). The molecule has 3 aromatic heterocycles. The van der Waals surface area contributed by atoms with Crippen molar-refractivity contribution in [3.63, 3.8) is 0 Å². The molecule has 42 heavy (non-hydrogen) atoms. The van der Waals surface area contributed by atoms with Gasteiger partial charge in [-0.1, -0.05) is 25.5 Å². The maximum Gasteiger partial charge on any atom is 0.409 e. The largest absolute Gasteiger partial charge is 0.449 e. The molecule has 1 N–H and O–H groups in total. The number of carbonyl (C=O) groups is 1. The summed E-state index contributed by atoms with van der Waals surface area (Å²) >= 11 is 0. The van der Waals surface area contributed by atoms with Gasteiger partial charge in [0.25, 0.3) is 0 Å². The molecule has 1 aliphatic heterocycles. The number of benzene rings is 1.